The quantitative estimate of drug-likeness (QED) is 0.788. The third-order valence-corrected chi connectivity index (χ3v) is 4.59. The molecule has 1 fully saturated rings. The van der Waals surface area contributed by atoms with E-state index in [9.17, 15) is 9.59 Å². The van der Waals surface area contributed by atoms with Gasteiger partial charge in [-0.2, -0.15) is 0 Å². The molecular formula is C19H19ClN2O4. The highest BCUT2D eigenvalue weighted by Crippen LogP contribution is 2.29. The summed E-state index contributed by atoms with van der Waals surface area (Å²) in [6.45, 7) is 2.03. The second-order valence-electron chi connectivity index (χ2n) is 6.04. The largest absolute Gasteiger partial charge is 0.497 e. The van der Waals surface area contributed by atoms with Gasteiger partial charge in [0.15, 0.2) is 0 Å². The highest BCUT2D eigenvalue weighted by Gasteiger charge is 2.48. The summed E-state index contributed by atoms with van der Waals surface area (Å²) in [6, 6.07) is 13.5. The molecule has 0 spiro atoms. The Morgan fingerprint density at radius 3 is 2.27 bits per heavy atom. The van der Waals surface area contributed by atoms with Crippen LogP contribution >= 0.6 is 11.6 Å². The van der Waals surface area contributed by atoms with E-state index < -0.39 is 11.6 Å². The highest BCUT2D eigenvalue weighted by atomic mass is 35.5. The Labute approximate surface area is 156 Å². The van der Waals surface area contributed by atoms with E-state index in [1.807, 2.05) is 0 Å². The number of rotatable bonds is 6. The topological polar surface area (TPSA) is 67.9 Å². The summed E-state index contributed by atoms with van der Waals surface area (Å²) in [5, 5.41) is 3.32. The number of hydrogen-bond donors (Lipinski definition) is 1. The molecule has 1 aliphatic heterocycles. The van der Waals surface area contributed by atoms with Crippen LogP contribution in [0.1, 0.15) is 12.5 Å². The molecule has 7 heteroatoms. The number of halogens is 1. The van der Waals surface area contributed by atoms with Gasteiger partial charge in [0.25, 0.3) is 5.91 Å². The Hall–Kier alpha value is -2.73. The van der Waals surface area contributed by atoms with Crippen molar-refractivity contribution in [1.29, 1.82) is 0 Å². The van der Waals surface area contributed by atoms with Crippen LogP contribution in [0, 0.1) is 0 Å². The fourth-order valence-corrected chi connectivity index (χ4v) is 2.93. The number of benzene rings is 2. The average Bonchev–Trinajstić information content (AvgIpc) is 2.86. The maximum Gasteiger partial charge on any atom is 0.325 e. The zero-order valence-electron chi connectivity index (χ0n) is 14.5. The predicted molar refractivity (Wildman–Crippen MR) is 97.5 cm³/mol. The lowest BCUT2D eigenvalue weighted by atomic mass is 9.92. The first-order valence-corrected chi connectivity index (χ1v) is 8.49. The Kier molecular flexibility index (Phi) is 5.04. The molecule has 1 heterocycles. The normalized spacial score (nSPS) is 19.4. The summed E-state index contributed by atoms with van der Waals surface area (Å²) < 4.78 is 10.7. The first-order chi connectivity index (χ1) is 12.4. The van der Waals surface area contributed by atoms with Crippen LogP contribution in [0.15, 0.2) is 48.5 Å². The molecule has 2 aromatic carbocycles. The van der Waals surface area contributed by atoms with Crippen LogP contribution in [0.5, 0.6) is 11.5 Å². The van der Waals surface area contributed by atoms with Crippen molar-refractivity contribution in [2.45, 2.75) is 12.5 Å². The summed E-state index contributed by atoms with van der Waals surface area (Å²) in [5.74, 6) is 1.05. The number of carbonyl (C=O) groups is 2. The molecule has 1 atom stereocenters. The zero-order valence-corrected chi connectivity index (χ0v) is 15.2. The molecule has 136 valence electrons. The van der Waals surface area contributed by atoms with Crippen molar-refractivity contribution in [3.63, 3.8) is 0 Å². The number of imide groups is 1. The van der Waals surface area contributed by atoms with Crippen LogP contribution in [0.2, 0.25) is 5.02 Å². The maximum atomic E-state index is 12.8. The van der Waals surface area contributed by atoms with Crippen LogP contribution in [0.4, 0.5) is 4.79 Å². The number of ether oxygens (including phenoxy) is 2. The monoisotopic (exact) mass is 374 g/mol. The van der Waals surface area contributed by atoms with E-state index in [2.05, 4.69) is 5.32 Å². The van der Waals surface area contributed by atoms with Crippen molar-refractivity contribution >= 4 is 23.5 Å². The number of methoxy groups -OCH3 is 1. The summed E-state index contributed by atoms with van der Waals surface area (Å²) in [4.78, 5) is 26.2. The van der Waals surface area contributed by atoms with Crippen LogP contribution in [0.25, 0.3) is 0 Å². The molecule has 0 aliphatic carbocycles. The number of carbonyl (C=O) groups excluding carboxylic acids is 2. The van der Waals surface area contributed by atoms with E-state index in [0.29, 0.717) is 16.3 Å². The third-order valence-electron chi connectivity index (χ3n) is 4.34. The minimum absolute atomic E-state index is 0.153. The van der Waals surface area contributed by atoms with Crippen molar-refractivity contribution in [3.05, 3.63) is 59.1 Å². The lowest BCUT2D eigenvalue weighted by Gasteiger charge is -2.22. The van der Waals surface area contributed by atoms with Gasteiger partial charge in [-0.3, -0.25) is 9.69 Å². The summed E-state index contributed by atoms with van der Waals surface area (Å²) in [7, 11) is 1.59. The van der Waals surface area contributed by atoms with Gasteiger partial charge in [-0.1, -0.05) is 23.7 Å². The molecule has 1 unspecified atom stereocenters. The Balaban J connectivity index is 1.64. The van der Waals surface area contributed by atoms with Crippen molar-refractivity contribution in [3.8, 4) is 11.5 Å². The van der Waals surface area contributed by atoms with Gasteiger partial charge in [0.2, 0.25) is 0 Å². The highest BCUT2D eigenvalue weighted by molar-refractivity contribution is 6.30. The zero-order chi connectivity index (χ0) is 18.7. The first-order valence-electron chi connectivity index (χ1n) is 8.11. The third kappa shape index (κ3) is 3.46. The lowest BCUT2D eigenvalue weighted by molar-refractivity contribution is -0.131. The second kappa shape index (κ2) is 7.25. The van der Waals surface area contributed by atoms with Gasteiger partial charge in [-0.05, 0) is 48.9 Å². The van der Waals surface area contributed by atoms with E-state index in [4.69, 9.17) is 21.1 Å². The molecule has 2 aromatic rings. The molecule has 0 bridgehead atoms. The Morgan fingerprint density at radius 2 is 1.65 bits per heavy atom. The van der Waals surface area contributed by atoms with E-state index in [0.717, 1.165) is 10.6 Å². The number of nitrogens with zero attached hydrogens (tertiary/aromatic N) is 1. The fourth-order valence-electron chi connectivity index (χ4n) is 2.81. The van der Waals surface area contributed by atoms with Crippen LogP contribution < -0.4 is 14.8 Å². The molecule has 6 nitrogen and oxygen atoms in total. The van der Waals surface area contributed by atoms with E-state index >= 15 is 0 Å². The van der Waals surface area contributed by atoms with Gasteiger partial charge in [0, 0.05) is 5.02 Å². The van der Waals surface area contributed by atoms with Crippen LogP contribution in [-0.4, -0.2) is 37.1 Å². The van der Waals surface area contributed by atoms with Crippen LogP contribution in [0.3, 0.4) is 0 Å². The lowest BCUT2D eigenvalue weighted by Crippen LogP contribution is -2.41. The average molecular weight is 375 g/mol. The van der Waals surface area contributed by atoms with Gasteiger partial charge in [-0.25, -0.2) is 4.79 Å². The first kappa shape index (κ1) is 18.1. The van der Waals surface area contributed by atoms with Gasteiger partial charge in [0.05, 0.1) is 13.7 Å². The second-order valence-corrected chi connectivity index (χ2v) is 6.48. The summed E-state index contributed by atoms with van der Waals surface area (Å²) >= 11 is 5.90. The maximum absolute atomic E-state index is 12.8. The van der Waals surface area contributed by atoms with E-state index in [1.54, 1.807) is 62.6 Å². The Bertz CT molecular complexity index is 807. The molecular weight excluding hydrogens is 356 g/mol. The minimum Gasteiger partial charge on any atom is -0.497 e. The predicted octanol–water partition coefficient (Wildman–Crippen LogP) is 3.19. The SMILES string of the molecule is COc1ccc(OCCN2C(=O)NC(C)(c3ccc(Cl)cc3)C2=O)cc1. The molecule has 3 rings (SSSR count). The number of hydrogen-bond acceptors (Lipinski definition) is 4. The molecule has 0 aromatic heterocycles. The fraction of sp³-hybridized carbons (Fsp3) is 0.263. The number of amides is 3. The summed E-state index contributed by atoms with van der Waals surface area (Å²) in [6.07, 6.45) is 0. The summed E-state index contributed by atoms with van der Waals surface area (Å²) in [5.41, 5.74) is -0.430. The number of nitrogens with one attached hydrogen (secondary N) is 1. The number of urea groups is 1. The molecule has 3 amide bonds. The van der Waals surface area contributed by atoms with Crippen LogP contribution in [-0.2, 0) is 10.3 Å². The van der Waals surface area contributed by atoms with E-state index in [-0.39, 0.29) is 19.1 Å². The van der Waals surface area contributed by atoms with Crippen molar-refractivity contribution in [1.82, 2.24) is 10.2 Å². The van der Waals surface area contributed by atoms with E-state index in [1.165, 1.54) is 0 Å². The van der Waals surface area contributed by atoms with Gasteiger partial charge in [-0.15, -0.1) is 0 Å². The molecule has 1 N–H and O–H groups in total. The van der Waals surface area contributed by atoms with Gasteiger partial charge < -0.3 is 14.8 Å². The molecule has 0 saturated carbocycles. The standard InChI is InChI=1S/C19H19ClN2O4/c1-19(13-3-5-14(20)6-4-13)17(23)22(18(24)21-19)11-12-26-16-9-7-15(25-2)8-10-16/h3-10H,11-12H2,1-2H3,(H,21,24). The molecule has 0 radical (unpaired) electrons. The van der Waals surface area contributed by atoms with Gasteiger partial charge >= 0.3 is 6.03 Å². The molecule has 1 saturated heterocycles. The van der Waals surface area contributed by atoms with Crippen molar-refractivity contribution in [2.75, 3.05) is 20.3 Å². The smallest absolute Gasteiger partial charge is 0.325 e. The van der Waals surface area contributed by atoms with Gasteiger partial charge in [0.1, 0.15) is 23.6 Å². The molecule has 26 heavy (non-hydrogen) atoms. The Morgan fingerprint density at radius 1 is 1.04 bits per heavy atom. The van der Waals surface area contributed by atoms with Crippen molar-refractivity contribution < 1.29 is 19.1 Å². The minimum atomic E-state index is -1.11. The molecule has 1 aliphatic rings. The van der Waals surface area contributed by atoms with Crippen molar-refractivity contribution in [2.24, 2.45) is 0 Å².